The zero-order valence-electron chi connectivity index (χ0n) is 13.7. The molecule has 2 N–H and O–H groups in total. The highest BCUT2D eigenvalue weighted by Crippen LogP contribution is 2.23. The molecule has 0 saturated heterocycles. The summed E-state index contributed by atoms with van der Waals surface area (Å²) in [5.41, 5.74) is 0.857. The van der Waals surface area contributed by atoms with Gasteiger partial charge in [-0.3, -0.25) is 4.21 Å². The van der Waals surface area contributed by atoms with Gasteiger partial charge in [0.15, 0.2) is 0 Å². The number of rotatable bonds is 5. The first-order valence-electron chi connectivity index (χ1n) is 8.19. The van der Waals surface area contributed by atoms with Crippen LogP contribution in [0.2, 0.25) is 0 Å². The third-order valence-corrected chi connectivity index (χ3v) is 6.08. The summed E-state index contributed by atoms with van der Waals surface area (Å²) in [5, 5.41) is 6.04. The molecule has 0 heterocycles. The van der Waals surface area contributed by atoms with Gasteiger partial charge in [0.2, 0.25) is 0 Å². The second kappa shape index (κ2) is 8.43. The monoisotopic (exact) mass is 340 g/mol. The average Bonchev–Trinajstić information content (AvgIpc) is 2.54. The molecular weight excluding hydrogens is 315 g/mol. The maximum atomic E-state index is 12.9. The zero-order chi connectivity index (χ0) is 16.8. The number of hydrogen-bond donors (Lipinski definition) is 2. The van der Waals surface area contributed by atoms with Gasteiger partial charge in [0, 0.05) is 27.8 Å². The Bertz CT molecular complexity index is 550. The predicted octanol–water partition coefficient (Wildman–Crippen LogP) is 3.27. The number of carbonyl (C=O) groups excluding carboxylic acids is 1. The summed E-state index contributed by atoms with van der Waals surface area (Å²) < 4.78 is 24.9. The molecule has 0 aromatic heterocycles. The number of amides is 2. The SMILES string of the molecule is CC[S@](=O)[C@@H]1CCC[C@@H](NC(=O)N[C@H](C)c2ccc(F)cc2)C1. The van der Waals surface area contributed by atoms with Crippen LogP contribution in [0.1, 0.15) is 51.1 Å². The number of hydrogen-bond acceptors (Lipinski definition) is 2. The molecule has 1 fully saturated rings. The summed E-state index contributed by atoms with van der Waals surface area (Å²) in [5.74, 6) is 0.383. The van der Waals surface area contributed by atoms with Crippen molar-refractivity contribution >= 4 is 16.8 Å². The van der Waals surface area contributed by atoms with Gasteiger partial charge in [-0.15, -0.1) is 0 Å². The van der Waals surface area contributed by atoms with Crippen LogP contribution in [-0.4, -0.2) is 27.3 Å². The van der Waals surface area contributed by atoms with Crippen LogP contribution in [-0.2, 0) is 10.8 Å². The van der Waals surface area contributed by atoms with Crippen LogP contribution in [0.5, 0.6) is 0 Å². The lowest BCUT2D eigenvalue weighted by Crippen LogP contribution is -2.46. The smallest absolute Gasteiger partial charge is 0.315 e. The Labute approximate surface area is 139 Å². The lowest BCUT2D eigenvalue weighted by atomic mass is 9.95. The Morgan fingerprint density at radius 3 is 2.70 bits per heavy atom. The Morgan fingerprint density at radius 2 is 2.04 bits per heavy atom. The summed E-state index contributed by atoms with van der Waals surface area (Å²) >= 11 is 0. The van der Waals surface area contributed by atoms with E-state index in [1.54, 1.807) is 12.1 Å². The molecule has 0 aliphatic heterocycles. The van der Waals surface area contributed by atoms with Crippen LogP contribution in [0.4, 0.5) is 9.18 Å². The van der Waals surface area contributed by atoms with E-state index in [1.165, 1.54) is 12.1 Å². The highest BCUT2D eigenvalue weighted by atomic mass is 32.2. The first kappa shape index (κ1) is 17.9. The Hall–Kier alpha value is -1.43. The summed E-state index contributed by atoms with van der Waals surface area (Å²) in [6.45, 7) is 3.80. The molecule has 1 aliphatic carbocycles. The fourth-order valence-electron chi connectivity index (χ4n) is 3.01. The molecule has 128 valence electrons. The average molecular weight is 340 g/mol. The van der Waals surface area contributed by atoms with Crippen molar-refractivity contribution in [3.8, 4) is 0 Å². The number of urea groups is 1. The van der Waals surface area contributed by atoms with Gasteiger partial charge in [-0.1, -0.05) is 25.5 Å². The van der Waals surface area contributed by atoms with Crippen molar-refractivity contribution in [3.63, 3.8) is 0 Å². The largest absolute Gasteiger partial charge is 0.335 e. The van der Waals surface area contributed by atoms with Crippen molar-refractivity contribution in [2.75, 3.05) is 5.75 Å². The Kier molecular flexibility index (Phi) is 6.57. The van der Waals surface area contributed by atoms with Gasteiger partial charge in [0.1, 0.15) is 5.82 Å². The third-order valence-electron chi connectivity index (χ3n) is 4.34. The van der Waals surface area contributed by atoms with Crippen LogP contribution in [0.15, 0.2) is 24.3 Å². The minimum absolute atomic E-state index is 0.0738. The first-order chi connectivity index (χ1) is 11.0. The maximum absolute atomic E-state index is 12.9. The van der Waals surface area contributed by atoms with Crippen molar-refractivity contribution in [1.29, 1.82) is 0 Å². The Morgan fingerprint density at radius 1 is 1.35 bits per heavy atom. The number of halogens is 1. The molecule has 2 rings (SSSR count). The molecule has 1 aromatic carbocycles. The number of benzene rings is 1. The second-order valence-corrected chi connectivity index (χ2v) is 8.05. The van der Waals surface area contributed by atoms with Gasteiger partial charge in [-0.05, 0) is 43.9 Å². The van der Waals surface area contributed by atoms with Crippen molar-refractivity contribution in [3.05, 3.63) is 35.6 Å². The second-order valence-electron chi connectivity index (χ2n) is 6.05. The summed E-state index contributed by atoms with van der Waals surface area (Å²) in [7, 11) is -0.799. The van der Waals surface area contributed by atoms with Gasteiger partial charge in [-0.2, -0.15) is 0 Å². The van der Waals surface area contributed by atoms with E-state index in [0.717, 1.165) is 31.2 Å². The normalized spacial score (nSPS) is 23.8. The fraction of sp³-hybridized carbons (Fsp3) is 0.588. The summed E-state index contributed by atoms with van der Waals surface area (Å²) in [6.07, 6.45) is 3.68. The topological polar surface area (TPSA) is 58.2 Å². The number of nitrogens with one attached hydrogen (secondary N) is 2. The Balaban J connectivity index is 1.84. The number of carbonyl (C=O) groups is 1. The standard InChI is InChI=1S/C17H25FN2O2S/c1-3-23(22)16-6-4-5-15(11-16)20-17(21)19-12(2)13-7-9-14(18)10-8-13/h7-10,12,15-16H,3-6,11H2,1-2H3,(H2,19,20,21)/t12-,15-,16-,23+/m1/s1. The van der Waals surface area contributed by atoms with Crippen molar-refractivity contribution in [2.45, 2.75) is 56.9 Å². The lowest BCUT2D eigenvalue weighted by Gasteiger charge is -2.29. The molecule has 0 bridgehead atoms. The van der Waals surface area contributed by atoms with E-state index in [0.29, 0.717) is 5.75 Å². The predicted molar refractivity (Wildman–Crippen MR) is 91.2 cm³/mol. The van der Waals surface area contributed by atoms with Crippen LogP contribution in [0, 0.1) is 5.82 Å². The molecule has 23 heavy (non-hydrogen) atoms. The highest BCUT2D eigenvalue weighted by molar-refractivity contribution is 7.85. The van der Waals surface area contributed by atoms with Crippen molar-refractivity contribution in [1.82, 2.24) is 10.6 Å². The summed E-state index contributed by atoms with van der Waals surface area (Å²) in [4.78, 5) is 12.1. The highest BCUT2D eigenvalue weighted by Gasteiger charge is 2.26. The molecule has 1 saturated carbocycles. The van der Waals surface area contributed by atoms with Gasteiger partial charge in [0.25, 0.3) is 0 Å². The van der Waals surface area contributed by atoms with Crippen LogP contribution in [0.25, 0.3) is 0 Å². The molecule has 4 atom stereocenters. The zero-order valence-corrected chi connectivity index (χ0v) is 14.5. The van der Waals surface area contributed by atoms with E-state index in [-0.39, 0.29) is 29.2 Å². The minimum Gasteiger partial charge on any atom is -0.335 e. The van der Waals surface area contributed by atoms with Crippen LogP contribution in [0.3, 0.4) is 0 Å². The molecule has 0 spiro atoms. The summed E-state index contributed by atoms with van der Waals surface area (Å²) in [6, 6.07) is 5.76. The fourth-order valence-corrected chi connectivity index (χ4v) is 4.36. The van der Waals surface area contributed by atoms with Gasteiger partial charge < -0.3 is 10.6 Å². The van der Waals surface area contributed by atoms with E-state index in [9.17, 15) is 13.4 Å². The van der Waals surface area contributed by atoms with E-state index >= 15 is 0 Å². The minimum atomic E-state index is -0.799. The third kappa shape index (κ3) is 5.30. The van der Waals surface area contributed by atoms with Gasteiger partial charge >= 0.3 is 6.03 Å². The van der Waals surface area contributed by atoms with Gasteiger partial charge in [0.05, 0.1) is 6.04 Å². The van der Waals surface area contributed by atoms with E-state index in [1.807, 2.05) is 13.8 Å². The van der Waals surface area contributed by atoms with Crippen LogP contribution < -0.4 is 10.6 Å². The molecular formula is C17H25FN2O2S. The lowest BCUT2D eigenvalue weighted by molar-refractivity contribution is 0.230. The molecule has 4 nitrogen and oxygen atoms in total. The molecule has 2 amide bonds. The van der Waals surface area contributed by atoms with E-state index in [2.05, 4.69) is 10.6 Å². The van der Waals surface area contributed by atoms with Crippen molar-refractivity contribution in [2.24, 2.45) is 0 Å². The van der Waals surface area contributed by atoms with Crippen LogP contribution >= 0.6 is 0 Å². The molecule has 0 radical (unpaired) electrons. The first-order valence-corrected chi connectivity index (χ1v) is 9.57. The quantitative estimate of drug-likeness (QED) is 0.864. The molecule has 1 aromatic rings. The molecule has 1 aliphatic rings. The molecule has 6 heteroatoms. The maximum Gasteiger partial charge on any atom is 0.315 e. The molecule has 0 unspecified atom stereocenters. The van der Waals surface area contributed by atoms with E-state index < -0.39 is 10.8 Å². The van der Waals surface area contributed by atoms with Gasteiger partial charge in [-0.25, -0.2) is 9.18 Å². The van der Waals surface area contributed by atoms with Crippen molar-refractivity contribution < 1.29 is 13.4 Å². The van der Waals surface area contributed by atoms with E-state index in [4.69, 9.17) is 0 Å².